The molecule has 0 spiro atoms. The van der Waals surface area contributed by atoms with Gasteiger partial charge in [0.2, 0.25) is 11.8 Å². The van der Waals surface area contributed by atoms with Crippen molar-refractivity contribution < 1.29 is 19.1 Å². The molecule has 7 nitrogen and oxygen atoms in total. The number of alkyl carbamates (subject to hydrolysis) is 1. The van der Waals surface area contributed by atoms with Crippen LogP contribution in [0.5, 0.6) is 0 Å². The van der Waals surface area contributed by atoms with Crippen molar-refractivity contribution in [1.29, 1.82) is 0 Å². The normalized spacial score (nSPS) is 10.7. The smallest absolute Gasteiger partial charge is 0.407 e. The number of hydrogen-bond donors (Lipinski definition) is 3. The fraction of sp³-hybridized carbons (Fsp3) is 0.786. The zero-order valence-corrected chi connectivity index (χ0v) is 13.4. The van der Waals surface area contributed by atoms with Crippen molar-refractivity contribution in [3.8, 4) is 0 Å². The van der Waals surface area contributed by atoms with Crippen LogP contribution >= 0.6 is 0 Å². The van der Waals surface area contributed by atoms with Crippen molar-refractivity contribution in [2.24, 2.45) is 0 Å². The Balaban J connectivity index is 3.55. The maximum atomic E-state index is 11.5. The lowest BCUT2D eigenvalue weighted by atomic mass is 10.2. The van der Waals surface area contributed by atoms with Gasteiger partial charge in [0.15, 0.2) is 0 Å². The third-order valence-corrected chi connectivity index (χ3v) is 2.34. The molecule has 0 aliphatic carbocycles. The minimum absolute atomic E-state index is 0.00267. The molecule has 0 heterocycles. The van der Waals surface area contributed by atoms with E-state index in [0.29, 0.717) is 25.9 Å². The van der Waals surface area contributed by atoms with E-state index in [4.69, 9.17) is 4.74 Å². The lowest BCUT2D eigenvalue weighted by Gasteiger charge is -2.19. The molecule has 0 atom stereocenters. The molecule has 0 radical (unpaired) electrons. The van der Waals surface area contributed by atoms with Crippen molar-refractivity contribution in [2.75, 3.05) is 19.6 Å². The van der Waals surface area contributed by atoms with Crippen LogP contribution in [0.15, 0.2) is 0 Å². The third kappa shape index (κ3) is 13.0. The molecule has 3 N–H and O–H groups in total. The van der Waals surface area contributed by atoms with Gasteiger partial charge in [-0.3, -0.25) is 9.59 Å². The van der Waals surface area contributed by atoms with Crippen molar-refractivity contribution in [1.82, 2.24) is 16.0 Å². The van der Waals surface area contributed by atoms with Crippen LogP contribution in [0.1, 0.15) is 47.0 Å². The van der Waals surface area contributed by atoms with Crippen molar-refractivity contribution in [2.45, 2.75) is 52.6 Å². The summed E-state index contributed by atoms with van der Waals surface area (Å²) in [5.74, 6) is -0.143. The quantitative estimate of drug-likeness (QED) is 0.581. The maximum absolute atomic E-state index is 11.5. The molecule has 0 aliphatic rings. The maximum Gasteiger partial charge on any atom is 0.407 e. The van der Waals surface area contributed by atoms with E-state index in [-0.39, 0.29) is 24.8 Å². The van der Waals surface area contributed by atoms with Crippen molar-refractivity contribution in [3.63, 3.8) is 0 Å². The summed E-state index contributed by atoms with van der Waals surface area (Å²) < 4.78 is 5.04. The van der Waals surface area contributed by atoms with Crippen LogP contribution in [0.25, 0.3) is 0 Å². The van der Waals surface area contributed by atoms with Crippen LogP contribution < -0.4 is 16.0 Å². The Morgan fingerprint density at radius 3 is 2.00 bits per heavy atom. The molecule has 0 aromatic rings. The summed E-state index contributed by atoms with van der Waals surface area (Å²) >= 11 is 0. The van der Waals surface area contributed by atoms with E-state index >= 15 is 0 Å². The van der Waals surface area contributed by atoms with Crippen LogP contribution in [0.4, 0.5) is 4.79 Å². The van der Waals surface area contributed by atoms with E-state index in [9.17, 15) is 14.4 Å². The Morgan fingerprint density at radius 2 is 1.48 bits per heavy atom. The number of carbonyl (C=O) groups is 3. The summed E-state index contributed by atoms with van der Waals surface area (Å²) in [4.78, 5) is 33.8. The number of hydrogen-bond acceptors (Lipinski definition) is 4. The molecule has 0 saturated heterocycles. The summed E-state index contributed by atoms with van der Waals surface area (Å²) in [6, 6.07) is 0. The first-order chi connectivity index (χ1) is 9.74. The molecule has 0 saturated carbocycles. The average molecular weight is 301 g/mol. The van der Waals surface area contributed by atoms with E-state index in [0.717, 1.165) is 0 Å². The zero-order valence-electron chi connectivity index (χ0n) is 13.4. The fourth-order valence-corrected chi connectivity index (χ4v) is 1.35. The summed E-state index contributed by atoms with van der Waals surface area (Å²) in [5, 5.41) is 7.95. The number of rotatable bonds is 8. The summed E-state index contributed by atoms with van der Waals surface area (Å²) in [7, 11) is 0. The molecule has 0 rings (SSSR count). The second kappa shape index (κ2) is 10.0. The van der Waals surface area contributed by atoms with Gasteiger partial charge in [0.25, 0.3) is 0 Å². The van der Waals surface area contributed by atoms with E-state index in [1.807, 2.05) is 0 Å². The fourth-order valence-electron chi connectivity index (χ4n) is 1.35. The van der Waals surface area contributed by atoms with Crippen LogP contribution in [0, 0.1) is 0 Å². The standard InChI is InChI=1S/C14H27N3O4/c1-5-11(18)15-8-6-9-16-12(19)7-10-17-13(20)21-14(2,3)4/h5-10H2,1-4H3,(H,15,18)(H,16,19)(H,17,20). The van der Waals surface area contributed by atoms with Crippen LogP contribution in [-0.4, -0.2) is 43.1 Å². The predicted octanol–water partition coefficient (Wildman–Crippen LogP) is 0.934. The van der Waals surface area contributed by atoms with Gasteiger partial charge in [0.05, 0.1) is 0 Å². The number of amides is 3. The van der Waals surface area contributed by atoms with E-state index in [2.05, 4.69) is 16.0 Å². The molecule has 3 amide bonds. The van der Waals surface area contributed by atoms with Gasteiger partial charge in [-0.25, -0.2) is 4.79 Å². The molecule has 0 bridgehead atoms. The molecule has 7 heteroatoms. The van der Waals surface area contributed by atoms with Crippen LogP contribution in [0.2, 0.25) is 0 Å². The number of ether oxygens (including phenoxy) is 1. The second-order valence-corrected chi connectivity index (χ2v) is 5.59. The van der Waals surface area contributed by atoms with E-state index in [1.54, 1.807) is 27.7 Å². The molecular weight excluding hydrogens is 274 g/mol. The Labute approximate surface area is 126 Å². The highest BCUT2D eigenvalue weighted by Gasteiger charge is 2.15. The zero-order chi connectivity index (χ0) is 16.3. The van der Waals surface area contributed by atoms with Gasteiger partial charge in [-0.15, -0.1) is 0 Å². The van der Waals surface area contributed by atoms with Crippen molar-refractivity contribution >= 4 is 17.9 Å². The van der Waals surface area contributed by atoms with Gasteiger partial charge >= 0.3 is 6.09 Å². The summed E-state index contributed by atoms with van der Waals surface area (Å²) in [5.41, 5.74) is -0.546. The molecular formula is C14H27N3O4. The monoisotopic (exact) mass is 301 g/mol. The highest BCUT2D eigenvalue weighted by Crippen LogP contribution is 2.06. The molecule has 0 fully saturated rings. The lowest BCUT2D eigenvalue weighted by molar-refractivity contribution is -0.121. The Morgan fingerprint density at radius 1 is 0.905 bits per heavy atom. The lowest BCUT2D eigenvalue weighted by Crippen LogP contribution is -2.35. The molecule has 0 aromatic carbocycles. The second-order valence-electron chi connectivity index (χ2n) is 5.59. The molecule has 0 unspecified atom stereocenters. The first-order valence-corrected chi connectivity index (χ1v) is 7.25. The minimum Gasteiger partial charge on any atom is -0.444 e. The van der Waals surface area contributed by atoms with Crippen LogP contribution in [0.3, 0.4) is 0 Å². The molecule has 0 aliphatic heterocycles. The van der Waals surface area contributed by atoms with Crippen LogP contribution in [-0.2, 0) is 14.3 Å². The molecule has 122 valence electrons. The van der Waals surface area contributed by atoms with Gasteiger partial charge in [0.1, 0.15) is 5.60 Å². The van der Waals surface area contributed by atoms with Gasteiger partial charge in [-0.1, -0.05) is 6.92 Å². The molecule has 0 aromatic heterocycles. The Bertz CT molecular complexity index is 351. The first kappa shape index (κ1) is 19.2. The molecule has 21 heavy (non-hydrogen) atoms. The van der Waals surface area contributed by atoms with E-state index < -0.39 is 11.7 Å². The Kier molecular flexibility index (Phi) is 9.16. The SMILES string of the molecule is CCC(=O)NCCCNC(=O)CCNC(=O)OC(C)(C)C. The van der Waals surface area contributed by atoms with Gasteiger partial charge in [-0.2, -0.15) is 0 Å². The average Bonchev–Trinajstić information content (AvgIpc) is 2.35. The van der Waals surface area contributed by atoms with Gasteiger partial charge in [-0.05, 0) is 27.2 Å². The highest BCUT2D eigenvalue weighted by atomic mass is 16.6. The van der Waals surface area contributed by atoms with Gasteiger partial charge in [0, 0.05) is 32.5 Å². The largest absolute Gasteiger partial charge is 0.444 e. The summed E-state index contributed by atoms with van der Waals surface area (Å²) in [6.45, 7) is 8.38. The topological polar surface area (TPSA) is 96.5 Å². The van der Waals surface area contributed by atoms with Gasteiger partial charge < -0.3 is 20.7 Å². The predicted molar refractivity (Wildman–Crippen MR) is 79.8 cm³/mol. The third-order valence-electron chi connectivity index (χ3n) is 2.34. The minimum atomic E-state index is -0.546. The number of carbonyl (C=O) groups excluding carboxylic acids is 3. The number of nitrogens with one attached hydrogen (secondary N) is 3. The highest BCUT2D eigenvalue weighted by molar-refractivity contribution is 5.77. The summed E-state index contributed by atoms with van der Waals surface area (Å²) in [6.07, 6.45) is 0.804. The van der Waals surface area contributed by atoms with Crippen molar-refractivity contribution in [3.05, 3.63) is 0 Å². The Hall–Kier alpha value is -1.79. The first-order valence-electron chi connectivity index (χ1n) is 7.25. The van der Waals surface area contributed by atoms with E-state index in [1.165, 1.54) is 0 Å².